The van der Waals surface area contributed by atoms with Crippen LogP contribution >= 0.6 is 0 Å². The van der Waals surface area contributed by atoms with Gasteiger partial charge in [-0.1, -0.05) is 12.8 Å². The van der Waals surface area contributed by atoms with Gasteiger partial charge in [-0.2, -0.15) is 0 Å². The molecule has 2 aliphatic rings. The van der Waals surface area contributed by atoms with Crippen molar-refractivity contribution in [2.45, 2.75) is 63.0 Å². The molecule has 0 amide bonds. The summed E-state index contributed by atoms with van der Waals surface area (Å²) < 4.78 is 0. The summed E-state index contributed by atoms with van der Waals surface area (Å²) in [5.74, 6) is 0.583. The van der Waals surface area contributed by atoms with Crippen LogP contribution in [0.4, 0.5) is 0 Å². The highest BCUT2D eigenvalue weighted by atomic mass is 16.3. The summed E-state index contributed by atoms with van der Waals surface area (Å²) in [6, 6.07) is 0.349. The zero-order chi connectivity index (χ0) is 9.31. The molecule has 0 aromatic heterocycles. The Hall–Kier alpha value is -0.0800. The van der Waals surface area contributed by atoms with Crippen molar-refractivity contribution in [3.05, 3.63) is 0 Å². The normalized spacial score (nSPS) is 42.5. The van der Waals surface area contributed by atoms with Crippen LogP contribution in [0.3, 0.4) is 0 Å². The molecule has 0 bridgehead atoms. The lowest BCUT2D eigenvalue weighted by molar-refractivity contribution is -0.0502. The molecule has 3 N–H and O–H groups in total. The van der Waals surface area contributed by atoms with Crippen molar-refractivity contribution in [2.24, 2.45) is 11.7 Å². The Morgan fingerprint density at radius 2 is 1.54 bits per heavy atom. The van der Waals surface area contributed by atoms with Gasteiger partial charge in [-0.3, -0.25) is 0 Å². The fourth-order valence-corrected chi connectivity index (χ4v) is 3.01. The summed E-state index contributed by atoms with van der Waals surface area (Å²) in [5.41, 5.74) is 5.50. The molecule has 2 nitrogen and oxygen atoms in total. The maximum absolute atomic E-state index is 10.4. The Morgan fingerprint density at radius 3 is 2.08 bits per heavy atom. The largest absolute Gasteiger partial charge is 0.390 e. The first kappa shape index (κ1) is 9.47. The van der Waals surface area contributed by atoms with Crippen LogP contribution in [0.15, 0.2) is 0 Å². The number of nitrogens with two attached hydrogens (primary N) is 1. The van der Waals surface area contributed by atoms with Crippen molar-refractivity contribution >= 4 is 0 Å². The third kappa shape index (κ3) is 1.89. The van der Waals surface area contributed by atoms with Crippen LogP contribution in [0.5, 0.6) is 0 Å². The van der Waals surface area contributed by atoms with Crippen molar-refractivity contribution in [1.82, 2.24) is 0 Å². The highest BCUT2D eigenvalue weighted by molar-refractivity contribution is 4.93. The highest BCUT2D eigenvalue weighted by Crippen LogP contribution is 2.42. The minimum atomic E-state index is -0.341. The molecular weight excluding hydrogens is 162 g/mol. The van der Waals surface area contributed by atoms with Gasteiger partial charge in [0, 0.05) is 6.04 Å². The van der Waals surface area contributed by atoms with Crippen LogP contribution in [-0.4, -0.2) is 16.7 Å². The Labute approximate surface area is 80.5 Å². The molecular formula is C11H21NO. The number of hydrogen-bond acceptors (Lipinski definition) is 2. The van der Waals surface area contributed by atoms with E-state index in [1.165, 1.54) is 25.7 Å². The predicted molar refractivity (Wildman–Crippen MR) is 53.4 cm³/mol. The quantitative estimate of drug-likeness (QED) is 0.651. The monoisotopic (exact) mass is 183 g/mol. The van der Waals surface area contributed by atoms with Crippen molar-refractivity contribution < 1.29 is 5.11 Å². The Bertz CT molecular complexity index is 167. The smallest absolute Gasteiger partial charge is 0.0677 e. The molecule has 0 spiro atoms. The average molecular weight is 183 g/mol. The second kappa shape index (κ2) is 3.58. The van der Waals surface area contributed by atoms with E-state index in [2.05, 4.69) is 0 Å². The SMILES string of the molecule is NC1CCC(O)(C2CCCC2)CC1. The van der Waals surface area contributed by atoms with E-state index in [1.807, 2.05) is 0 Å². The predicted octanol–water partition coefficient (Wildman–Crippen LogP) is 1.81. The van der Waals surface area contributed by atoms with Crippen LogP contribution in [0.1, 0.15) is 51.4 Å². The summed E-state index contributed by atoms with van der Waals surface area (Å²) in [6.45, 7) is 0. The number of aliphatic hydroxyl groups is 1. The molecule has 2 heteroatoms. The molecule has 76 valence electrons. The summed E-state index contributed by atoms with van der Waals surface area (Å²) >= 11 is 0. The van der Waals surface area contributed by atoms with Crippen LogP contribution in [0.2, 0.25) is 0 Å². The number of hydrogen-bond donors (Lipinski definition) is 2. The van der Waals surface area contributed by atoms with Crippen LogP contribution < -0.4 is 5.73 Å². The zero-order valence-electron chi connectivity index (χ0n) is 8.34. The van der Waals surface area contributed by atoms with E-state index in [4.69, 9.17) is 5.73 Å². The maximum Gasteiger partial charge on any atom is 0.0677 e. The lowest BCUT2D eigenvalue weighted by Gasteiger charge is -2.39. The van der Waals surface area contributed by atoms with Crippen molar-refractivity contribution in [2.75, 3.05) is 0 Å². The second-order valence-corrected chi connectivity index (χ2v) is 4.92. The van der Waals surface area contributed by atoms with Crippen molar-refractivity contribution in [3.8, 4) is 0 Å². The first-order valence-corrected chi connectivity index (χ1v) is 5.69. The van der Waals surface area contributed by atoms with Crippen LogP contribution in [-0.2, 0) is 0 Å². The van der Waals surface area contributed by atoms with E-state index in [-0.39, 0.29) is 5.60 Å². The van der Waals surface area contributed by atoms with E-state index < -0.39 is 0 Å². The van der Waals surface area contributed by atoms with E-state index in [0.717, 1.165) is 25.7 Å². The molecule has 0 aromatic carbocycles. The Kier molecular flexibility index (Phi) is 2.61. The first-order valence-electron chi connectivity index (χ1n) is 5.69. The molecule has 2 aliphatic carbocycles. The van der Waals surface area contributed by atoms with Gasteiger partial charge in [0.05, 0.1) is 5.60 Å². The van der Waals surface area contributed by atoms with E-state index in [0.29, 0.717) is 12.0 Å². The van der Waals surface area contributed by atoms with Crippen molar-refractivity contribution in [1.29, 1.82) is 0 Å². The van der Waals surface area contributed by atoms with Gasteiger partial charge < -0.3 is 10.8 Å². The van der Waals surface area contributed by atoms with Gasteiger partial charge >= 0.3 is 0 Å². The fourth-order valence-electron chi connectivity index (χ4n) is 3.01. The minimum absolute atomic E-state index is 0.341. The maximum atomic E-state index is 10.4. The van der Waals surface area contributed by atoms with Gasteiger partial charge in [-0.25, -0.2) is 0 Å². The molecule has 2 saturated carbocycles. The number of rotatable bonds is 1. The molecule has 2 fully saturated rings. The van der Waals surface area contributed by atoms with Gasteiger partial charge in [0.25, 0.3) is 0 Å². The van der Waals surface area contributed by atoms with Crippen LogP contribution in [0.25, 0.3) is 0 Å². The van der Waals surface area contributed by atoms with E-state index >= 15 is 0 Å². The van der Waals surface area contributed by atoms with Gasteiger partial charge in [-0.15, -0.1) is 0 Å². The van der Waals surface area contributed by atoms with Crippen LogP contribution in [0, 0.1) is 5.92 Å². The van der Waals surface area contributed by atoms with E-state index in [9.17, 15) is 5.11 Å². The Balaban J connectivity index is 1.95. The minimum Gasteiger partial charge on any atom is -0.390 e. The molecule has 0 atom stereocenters. The zero-order valence-corrected chi connectivity index (χ0v) is 8.34. The fraction of sp³-hybridized carbons (Fsp3) is 1.00. The third-order valence-corrected chi connectivity index (χ3v) is 4.01. The van der Waals surface area contributed by atoms with E-state index in [1.54, 1.807) is 0 Å². The summed E-state index contributed by atoms with van der Waals surface area (Å²) in [6.07, 6.45) is 9.05. The standard InChI is InChI=1S/C11H21NO/c12-10-5-7-11(13,8-6-10)9-3-1-2-4-9/h9-10,13H,1-8,12H2. The molecule has 0 aliphatic heterocycles. The van der Waals surface area contributed by atoms with Crippen molar-refractivity contribution in [3.63, 3.8) is 0 Å². The highest BCUT2D eigenvalue weighted by Gasteiger charge is 2.40. The average Bonchev–Trinajstić information content (AvgIpc) is 2.63. The van der Waals surface area contributed by atoms with Gasteiger partial charge in [0.2, 0.25) is 0 Å². The first-order chi connectivity index (χ1) is 6.21. The van der Waals surface area contributed by atoms with Gasteiger partial charge in [-0.05, 0) is 44.4 Å². The summed E-state index contributed by atoms with van der Waals surface area (Å²) in [4.78, 5) is 0. The lowest BCUT2D eigenvalue weighted by Crippen LogP contribution is -2.43. The lowest BCUT2D eigenvalue weighted by atomic mass is 9.73. The molecule has 2 rings (SSSR count). The van der Waals surface area contributed by atoms with Gasteiger partial charge in [0.1, 0.15) is 0 Å². The molecule has 0 saturated heterocycles. The Morgan fingerprint density at radius 1 is 1.00 bits per heavy atom. The molecule has 0 aromatic rings. The molecule has 13 heavy (non-hydrogen) atoms. The molecule has 0 heterocycles. The summed E-state index contributed by atoms with van der Waals surface area (Å²) in [7, 11) is 0. The van der Waals surface area contributed by atoms with Gasteiger partial charge in [0.15, 0.2) is 0 Å². The molecule has 0 radical (unpaired) electrons. The second-order valence-electron chi connectivity index (χ2n) is 4.92. The topological polar surface area (TPSA) is 46.2 Å². The third-order valence-electron chi connectivity index (χ3n) is 4.01. The molecule has 0 unspecified atom stereocenters. The summed E-state index contributed by atoms with van der Waals surface area (Å²) in [5, 5.41) is 10.4.